The fraction of sp³-hybridized carbons (Fsp3) is 0.429. The van der Waals surface area contributed by atoms with Gasteiger partial charge < -0.3 is 15.1 Å². The fourth-order valence-electron chi connectivity index (χ4n) is 3.39. The van der Waals surface area contributed by atoms with Gasteiger partial charge in [-0.05, 0) is 49.6 Å². The standard InChI is InChI=1S/C21H27ClN4O/c1-3-4-6-17-8-10-18(11-9-17)24-21(27)26-14-13-25(15-16(26)2)20-19(22)7-5-12-23-20/h5,7-12,16H,3-4,6,13-15H2,1-2H3,(H,24,27)/t16-/m1/s1. The molecule has 27 heavy (non-hydrogen) atoms. The molecule has 0 radical (unpaired) electrons. The predicted molar refractivity (Wildman–Crippen MR) is 112 cm³/mol. The summed E-state index contributed by atoms with van der Waals surface area (Å²) >= 11 is 6.26. The number of nitrogens with one attached hydrogen (secondary N) is 1. The molecule has 1 N–H and O–H groups in total. The molecule has 2 heterocycles. The van der Waals surface area contributed by atoms with E-state index >= 15 is 0 Å². The number of amides is 2. The number of benzene rings is 1. The zero-order valence-corrected chi connectivity index (χ0v) is 16.7. The number of pyridine rings is 1. The van der Waals surface area contributed by atoms with E-state index in [4.69, 9.17) is 11.6 Å². The molecule has 1 aromatic heterocycles. The van der Waals surface area contributed by atoms with Gasteiger partial charge in [0.1, 0.15) is 5.82 Å². The van der Waals surface area contributed by atoms with Crippen molar-refractivity contribution in [2.24, 2.45) is 0 Å². The Labute approximate surface area is 166 Å². The molecule has 1 aliphatic rings. The van der Waals surface area contributed by atoms with Crippen molar-refractivity contribution in [3.8, 4) is 0 Å². The van der Waals surface area contributed by atoms with Crippen LogP contribution in [0.4, 0.5) is 16.3 Å². The van der Waals surface area contributed by atoms with Crippen molar-refractivity contribution in [3.63, 3.8) is 0 Å². The van der Waals surface area contributed by atoms with E-state index in [-0.39, 0.29) is 12.1 Å². The Morgan fingerprint density at radius 3 is 2.70 bits per heavy atom. The summed E-state index contributed by atoms with van der Waals surface area (Å²) in [6, 6.07) is 11.8. The fourth-order valence-corrected chi connectivity index (χ4v) is 3.63. The predicted octanol–water partition coefficient (Wildman–Crippen LogP) is 4.82. The lowest BCUT2D eigenvalue weighted by molar-refractivity contribution is 0.184. The average molecular weight is 387 g/mol. The number of rotatable bonds is 5. The summed E-state index contributed by atoms with van der Waals surface area (Å²) in [4.78, 5) is 21.1. The highest BCUT2D eigenvalue weighted by Crippen LogP contribution is 2.25. The molecule has 2 aromatic rings. The summed E-state index contributed by atoms with van der Waals surface area (Å²) in [7, 11) is 0. The van der Waals surface area contributed by atoms with Crippen LogP contribution in [-0.2, 0) is 6.42 Å². The quantitative estimate of drug-likeness (QED) is 0.801. The van der Waals surface area contributed by atoms with E-state index < -0.39 is 0 Å². The van der Waals surface area contributed by atoms with Crippen LogP contribution in [0.5, 0.6) is 0 Å². The van der Waals surface area contributed by atoms with Crippen LogP contribution in [0.1, 0.15) is 32.3 Å². The number of aryl methyl sites for hydroxylation is 1. The number of carbonyl (C=O) groups is 1. The Bertz CT molecular complexity index is 765. The number of carbonyl (C=O) groups excluding carboxylic acids is 1. The van der Waals surface area contributed by atoms with Crippen molar-refractivity contribution < 1.29 is 4.79 Å². The first-order chi connectivity index (χ1) is 13.1. The van der Waals surface area contributed by atoms with Crippen molar-refractivity contribution in [2.75, 3.05) is 29.9 Å². The molecule has 0 bridgehead atoms. The molecule has 2 amide bonds. The molecule has 5 nitrogen and oxygen atoms in total. The van der Waals surface area contributed by atoms with Crippen LogP contribution in [0.3, 0.4) is 0 Å². The van der Waals surface area contributed by atoms with Crippen LogP contribution < -0.4 is 10.2 Å². The average Bonchev–Trinajstić information content (AvgIpc) is 2.67. The Kier molecular flexibility index (Phi) is 6.56. The Morgan fingerprint density at radius 2 is 2.04 bits per heavy atom. The minimum absolute atomic E-state index is 0.0597. The van der Waals surface area contributed by atoms with Gasteiger partial charge in [0.05, 0.1) is 5.02 Å². The molecular weight excluding hydrogens is 360 g/mol. The first-order valence-electron chi connectivity index (χ1n) is 9.60. The van der Waals surface area contributed by atoms with E-state index in [0.29, 0.717) is 24.7 Å². The van der Waals surface area contributed by atoms with Crippen LogP contribution >= 0.6 is 11.6 Å². The number of halogens is 1. The number of nitrogens with zero attached hydrogens (tertiary/aromatic N) is 3. The molecule has 0 spiro atoms. The lowest BCUT2D eigenvalue weighted by Crippen LogP contribution is -2.55. The van der Waals surface area contributed by atoms with Crippen LogP contribution in [0.2, 0.25) is 5.02 Å². The second-order valence-corrected chi connectivity index (χ2v) is 7.44. The normalized spacial score (nSPS) is 17.1. The topological polar surface area (TPSA) is 48.5 Å². The van der Waals surface area contributed by atoms with E-state index in [9.17, 15) is 4.79 Å². The smallest absolute Gasteiger partial charge is 0.322 e. The zero-order valence-electron chi connectivity index (χ0n) is 16.0. The minimum Gasteiger partial charge on any atom is -0.352 e. The van der Waals surface area contributed by atoms with Gasteiger partial charge in [-0.2, -0.15) is 0 Å². The SMILES string of the molecule is CCCCc1ccc(NC(=O)N2CCN(c3ncccc3Cl)C[C@H]2C)cc1. The minimum atomic E-state index is -0.0597. The molecule has 0 saturated carbocycles. The van der Waals surface area contributed by atoms with E-state index in [1.165, 1.54) is 18.4 Å². The summed E-state index contributed by atoms with van der Waals surface area (Å²) in [5.41, 5.74) is 2.15. The molecule has 0 unspecified atom stereocenters. The Balaban J connectivity index is 1.57. The Morgan fingerprint density at radius 1 is 1.26 bits per heavy atom. The van der Waals surface area contributed by atoms with Gasteiger partial charge in [-0.25, -0.2) is 9.78 Å². The van der Waals surface area contributed by atoms with Crippen molar-refractivity contribution >= 4 is 29.1 Å². The largest absolute Gasteiger partial charge is 0.352 e. The van der Waals surface area contributed by atoms with E-state index in [2.05, 4.69) is 41.2 Å². The van der Waals surface area contributed by atoms with E-state index in [0.717, 1.165) is 17.9 Å². The van der Waals surface area contributed by atoms with Gasteiger partial charge in [-0.15, -0.1) is 0 Å². The number of urea groups is 1. The van der Waals surface area contributed by atoms with Gasteiger partial charge in [0.2, 0.25) is 0 Å². The third-order valence-electron chi connectivity index (χ3n) is 4.95. The van der Waals surface area contributed by atoms with Crippen LogP contribution in [-0.4, -0.2) is 41.6 Å². The highest BCUT2D eigenvalue weighted by atomic mass is 35.5. The van der Waals surface area contributed by atoms with Crippen LogP contribution in [0.15, 0.2) is 42.6 Å². The van der Waals surface area contributed by atoms with Crippen molar-refractivity contribution in [1.82, 2.24) is 9.88 Å². The number of unbranched alkanes of at least 4 members (excludes halogenated alkanes) is 1. The Hall–Kier alpha value is -2.27. The second kappa shape index (κ2) is 9.09. The summed E-state index contributed by atoms with van der Waals surface area (Å²) in [5.74, 6) is 0.786. The van der Waals surface area contributed by atoms with Gasteiger partial charge in [0.15, 0.2) is 0 Å². The molecule has 0 aliphatic carbocycles. The molecule has 144 valence electrons. The van der Waals surface area contributed by atoms with Crippen LogP contribution in [0.25, 0.3) is 0 Å². The van der Waals surface area contributed by atoms with Gasteiger partial charge in [0.25, 0.3) is 0 Å². The lowest BCUT2D eigenvalue weighted by atomic mass is 10.1. The van der Waals surface area contributed by atoms with E-state index in [1.54, 1.807) is 6.20 Å². The number of hydrogen-bond acceptors (Lipinski definition) is 3. The van der Waals surface area contributed by atoms with Crippen molar-refractivity contribution in [3.05, 3.63) is 53.2 Å². The maximum absolute atomic E-state index is 12.7. The van der Waals surface area contributed by atoms with Gasteiger partial charge in [-0.3, -0.25) is 0 Å². The molecule has 3 rings (SSSR count). The van der Waals surface area contributed by atoms with Gasteiger partial charge in [-0.1, -0.05) is 37.1 Å². The highest BCUT2D eigenvalue weighted by Gasteiger charge is 2.28. The summed E-state index contributed by atoms with van der Waals surface area (Å²) in [5, 5.41) is 3.66. The molecule has 1 atom stereocenters. The second-order valence-electron chi connectivity index (χ2n) is 7.03. The zero-order chi connectivity index (χ0) is 19.2. The third-order valence-corrected chi connectivity index (χ3v) is 5.25. The molecule has 1 fully saturated rings. The summed E-state index contributed by atoms with van der Waals surface area (Å²) in [6.45, 7) is 6.30. The number of aromatic nitrogens is 1. The maximum Gasteiger partial charge on any atom is 0.322 e. The molecule has 1 aliphatic heterocycles. The maximum atomic E-state index is 12.7. The third kappa shape index (κ3) is 4.92. The number of anilines is 2. The monoisotopic (exact) mass is 386 g/mol. The highest BCUT2D eigenvalue weighted by molar-refractivity contribution is 6.32. The summed E-state index contributed by atoms with van der Waals surface area (Å²) < 4.78 is 0. The summed E-state index contributed by atoms with van der Waals surface area (Å²) in [6.07, 6.45) is 5.20. The lowest BCUT2D eigenvalue weighted by Gasteiger charge is -2.40. The number of piperazine rings is 1. The molecule has 1 saturated heterocycles. The first-order valence-corrected chi connectivity index (χ1v) is 9.98. The van der Waals surface area contributed by atoms with Gasteiger partial charge >= 0.3 is 6.03 Å². The first kappa shape index (κ1) is 19.5. The molecule has 1 aromatic carbocycles. The molecule has 6 heteroatoms. The van der Waals surface area contributed by atoms with Crippen LogP contribution in [0, 0.1) is 0 Å². The number of hydrogen-bond donors (Lipinski definition) is 1. The van der Waals surface area contributed by atoms with Crippen molar-refractivity contribution in [1.29, 1.82) is 0 Å². The van der Waals surface area contributed by atoms with Crippen molar-refractivity contribution in [2.45, 2.75) is 39.2 Å². The molecular formula is C21H27ClN4O. The van der Waals surface area contributed by atoms with E-state index in [1.807, 2.05) is 29.2 Å². The van der Waals surface area contributed by atoms with Gasteiger partial charge in [0, 0.05) is 37.6 Å².